The Morgan fingerprint density at radius 2 is 1.67 bits per heavy atom. The highest BCUT2D eigenvalue weighted by molar-refractivity contribution is 5.75. The number of hydrogen-bond acceptors (Lipinski definition) is 1. The Hall–Kier alpha value is -0.535. The Labute approximate surface area is 37.1 Å². The van der Waals surface area contributed by atoms with Crippen LogP contribution in [-0.4, -0.2) is 19.5 Å². The predicted octanol–water partition coefficient (Wildman–Crippen LogP) is -0.941. The summed E-state index contributed by atoms with van der Waals surface area (Å²) in [5, 5.41) is 7.42. The zero-order valence-corrected chi connectivity index (χ0v) is 2.76. The lowest BCUT2D eigenvalue weighted by Crippen LogP contribution is -1.78. The normalized spacial score (nSPS) is 4.17. The van der Waals surface area contributed by atoms with Crippen molar-refractivity contribution in [3.05, 3.63) is 0 Å². The highest BCUT2D eigenvalue weighted by atomic mass is 19.0. The largest absolute Gasteiger partial charge is 0.481 e. The van der Waals surface area contributed by atoms with Crippen LogP contribution in [0.5, 0.6) is 0 Å². The summed E-state index contributed by atoms with van der Waals surface area (Å²) in [6.45, 7) is 1.08. The minimum Gasteiger partial charge on any atom is -0.481 e. The van der Waals surface area contributed by atoms with Gasteiger partial charge in [-0.25, -0.2) is 0 Å². The molecule has 38 valence electrons. The van der Waals surface area contributed by atoms with Gasteiger partial charge in [-0.1, -0.05) is 0 Å². The van der Waals surface area contributed by atoms with Gasteiger partial charge in [0.05, 0.1) is 8.41 Å². The lowest BCUT2D eigenvalue weighted by Gasteiger charge is -1.59. The van der Waals surface area contributed by atoms with Crippen molar-refractivity contribution in [3.8, 4) is 0 Å². The van der Waals surface area contributed by atoms with Gasteiger partial charge in [0.2, 0.25) is 0 Å². The second kappa shape index (κ2) is 8.82. The minimum absolute atomic E-state index is 0. The highest BCUT2D eigenvalue weighted by Gasteiger charge is 1.65. The molecule has 0 saturated carbocycles. The summed E-state index contributed by atoms with van der Waals surface area (Å²) >= 11 is 0. The van der Waals surface area contributed by atoms with Crippen molar-refractivity contribution < 1.29 is 14.6 Å². The van der Waals surface area contributed by atoms with Crippen molar-refractivity contribution in [2.24, 2.45) is 0 Å². The topological polar surface area (TPSA) is 37.3 Å². The summed E-state index contributed by atoms with van der Waals surface area (Å²) in [6.07, 6.45) is 0. The van der Waals surface area contributed by atoms with Crippen molar-refractivity contribution in [3.63, 3.8) is 0 Å². The number of carbonyl (C=O) groups is 1. The predicted molar refractivity (Wildman–Crippen MR) is 25.8 cm³/mol. The van der Waals surface area contributed by atoms with Crippen LogP contribution in [0, 0.1) is 0 Å². The molecule has 0 fully saturated rings. The molecule has 0 aliphatic rings. The van der Waals surface area contributed by atoms with E-state index >= 15 is 0 Å². The maximum absolute atomic E-state index is 9.00. The van der Waals surface area contributed by atoms with E-state index in [0.717, 1.165) is 6.92 Å². The summed E-state index contributed by atoms with van der Waals surface area (Å²) in [5.74, 6) is -0.833. The van der Waals surface area contributed by atoms with Crippen LogP contribution in [0.2, 0.25) is 0 Å². The van der Waals surface area contributed by atoms with Crippen LogP contribution in [0.25, 0.3) is 0 Å². The van der Waals surface area contributed by atoms with Gasteiger partial charge in [-0.2, -0.15) is 0 Å². The fraction of sp³-hybridized carbons (Fsp3) is 0.500. The number of rotatable bonds is 0. The van der Waals surface area contributed by atoms with Crippen molar-refractivity contribution in [1.82, 2.24) is 0 Å². The van der Waals surface area contributed by atoms with Crippen molar-refractivity contribution in [2.45, 2.75) is 6.92 Å². The second-order valence-electron chi connectivity index (χ2n) is 0.519. The van der Waals surface area contributed by atoms with E-state index in [-0.39, 0.29) is 13.1 Å². The Balaban J connectivity index is -0.0000000450. The fourth-order valence-electron chi connectivity index (χ4n) is 0. The Morgan fingerprint density at radius 1 is 1.67 bits per heavy atom. The molecule has 2 nitrogen and oxygen atoms in total. The first kappa shape index (κ1) is 17.9. The first-order valence-corrected chi connectivity index (χ1v) is 0.928. The van der Waals surface area contributed by atoms with Crippen LogP contribution in [0.15, 0.2) is 0 Å². The molecule has 1 N–H and O–H groups in total. The Kier molecular flexibility index (Phi) is 26.4. The van der Waals surface area contributed by atoms with Gasteiger partial charge in [-0.15, -0.1) is 0 Å². The third-order valence-corrected chi connectivity index (χ3v) is 0. The standard InChI is InChI=1S/C2H4O2.BH3.FH/c1-2(3)4;;/h1H3,(H,3,4);1H3;1H. The maximum atomic E-state index is 9.00. The van der Waals surface area contributed by atoms with E-state index in [0.29, 0.717) is 0 Å². The van der Waals surface area contributed by atoms with Crippen molar-refractivity contribution >= 4 is 14.4 Å². The van der Waals surface area contributed by atoms with Gasteiger partial charge in [0.15, 0.2) is 0 Å². The molecule has 0 amide bonds. The first-order chi connectivity index (χ1) is 1.73. The molecule has 0 aliphatic heterocycles. The van der Waals surface area contributed by atoms with Crippen LogP contribution in [0.4, 0.5) is 4.70 Å². The summed E-state index contributed by atoms with van der Waals surface area (Å²) in [4.78, 5) is 9.00. The zero-order chi connectivity index (χ0) is 3.58. The van der Waals surface area contributed by atoms with E-state index in [2.05, 4.69) is 0 Å². The van der Waals surface area contributed by atoms with Crippen LogP contribution in [0.3, 0.4) is 0 Å². The molecule has 6 heavy (non-hydrogen) atoms. The molecule has 0 bridgehead atoms. The summed E-state index contributed by atoms with van der Waals surface area (Å²) < 4.78 is 0. The van der Waals surface area contributed by atoms with Gasteiger partial charge >= 0.3 is 0 Å². The molecule has 0 saturated heterocycles. The molecule has 4 heteroatoms. The van der Waals surface area contributed by atoms with Crippen LogP contribution in [-0.2, 0) is 4.79 Å². The monoisotopic (exact) mass is 94.1 g/mol. The number of halogens is 1. The fourth-order valence-corrected chi connectivity index (χ4v) is 0. The van der Waals surface area contributed by atoms with Crippen molar-refractivity contribution in [2.75, 3.05) is 0 Å². The van der Waals surface area contributed by atoms with Crippen LogP contribution >= 0.6 is 0 Å². The molecule has 0 aromatic heterocycles. The zero-order valence-electron chi connectivity index (χ0n) is 2.76. The summed E-state index contributed by atoms with van der Waals surface area (Å²) in [5.41, 5.74) is 0. The van der Waals surface area contributed by atoms with Crippen molar-refractivity contribution in [1.29, 1.82) is 0 Å². The maximum Gasteiger partial charge on any atom is 0.300 e. The smallest absolute Gasteiger partial charge is 0.300 e. The SMILES string of the molecule is B.CC(=O)O.F. The second-order valence-corrected chi connectivity index (χ2v) is 0.519. The molecule has 0 atom stereocenters. The van der Waals surface area contributed by atoms with E-state index in [9.17, 15) is 0 Å². The summed E-state index contributed by atoms with van der Waals surface area (Å²) in [7, 11) is 0. The van der Waals surface area contributed by atoms with Gasteiger partial charge in [-0.3, -0.25) is 9.50 Å². The highest BCUT2D eigenvalue weighted by Crippen LogP contribution is 1.42. The van der Waals surface area contributed by atoms with E-state index in [1.54, 1.807) is 0 Å². The average molecular weight is 93.9 g/mol. The molecular formula is C2H8BFO2. The number of carboxylic acid groups (broad SMARTS) is 1. The van der Waals surface area contributed by atoms with E-state index in [4.69, 9.17) is 9.90 Å². The van der Waals surface area contributed by atoms with Gasteiger partial charge in [0, 0.05) is 6.92 Å². The Bertz CT molecular complexity index is 34.5. The van der Waals surface area contributed by atoms with Gasteiger partial charge in [-0.05, 0) is 0 Å². The van der Waals surface area contributed by atoms with E-state index in [1.807, 2.05) is 0 Å². The van der Waals surface area contributed by atoms with Gasteiger partial charge < -0.3 is 5.11 Å². The molecule has 0 aromatic carbocycles. The first-order valence-electron chi connectivity index (χ1n) is 0.928. The number of hydrogen-bond donors (Lipinski definition) is 1. The number of carboxylic acids is 1. The molecular weight excluding hydrogens is 85.8 g/mol. The van der Waals surface area contributed by atoms with Crippen LogP contribution in [0.1, 0.15) is 6.92 Å². The molecule has 0 unspecified atom stereocenters. The third kappa shape index (κ3) is 73.5. The molecule has 0 aliphatic carbocycles. The third-order valence-electron chi connectivity index (χ3n) is 0. The van der Waals surface area contributed by atoms with Gasteiger partial charge in [0.25, 0.3) is 5.97 Å². The molecule has 0 spiro atoms. The van der Waals surface area contributed by atoms with E-state index < -0.39 is 5.97 Å². The lowest BCUT2D eigenvalue weighted by molar-refractivity contribution is -0.134. The molecule has 0 aromatic rings. The lowest BCUT2D eigenvalue weighted by atomic mass is 10.8. The molecule has 0 radical (unpaired) electrons. The molecule has 0 heterocycles. The number of aliphatic carboxylic acids is 1. The molecule has 0 rings (SSSR count). The average Bonchev–Trinajstić information content (AvgIpc) is 0.811. The van der Waals surface area contributed by atoms with Gasteiger partial charge in [0.1, 0.15) is 0 Å². The summed E-state index contributed by atoms with van der Waals surface area (Å²) in [6, 6.07) is 0. The quantitative estimate of drug-likeness (QED) is 0.393. The van der Waals surface area contributed by atoms with Crippen LogP contribution < -0.4 is 0 Å². The minimum atomic E-state index is -0.833. The van der Waals surface area contributed by atoms with E-state index in [1.165, 1.54) is 0 Å². The Morgan fingerprint density at radius 3 is 1.67 bits per heavy atom.